The summed E-state index contributed by atoms with van der Waals surface area (Å²) in [6.45, 7) is 2.83. The topological polar surface area (TPSA) is 89.9 Å². The minimum atomic E-state index is -3.98. The van der Waals surface area contributed by atoms with Crippen LogP contribution in [0.3, 0.4) is 0 Å². The fourth-order valence-electron chi connectivity index (χ4n) is 1.31. The molecule has 0 bridgehead atoms. The molecule has 1 rings (SSSR count). The van der Waals surface area contributed by atoms with Gasteiger partial charge in [-0.25, -0.2) is 13.2 Å². The third-order valence-corrected chi connectivity index (χ3v) is 3.50. The largest absolute Gasteiger partial charge is 0.490 e. The molecule has 0 amide bonds. The lowest BCUT2D eigenvalue weighted by Crippen LogP contribution is -2.10. The number of carboxylic acids is 1. The molecule has 1 N–H and O–H groups in total. The number of aromatic carboxylic acids is 1. The van der Waals surface area contributed by atoms with E-state index in [-0.39, 0.29) is 22.8 Å². The van der Waals surface area contributed by atoms with E-state index in [2.05, 4.69) is 0 Å². The van der Waals surface area contributed by atoms with Crippen molar-refractivity contribution in [1.82, 2.24) is 0 Å². The van der Waals surface area contributed by atoms with Crippen LogP contribution in [-0.2, 0) is 13.8 Å². The fourth-order valence-corrected chi connectivity index (χ4v) is 2.09. The second kappa shape index (κ2) is 6.74. The predicted octanol–water partition coefficient (Wildman–Crippen LogP) is 1.73. The van der Waals surface area contributed by atoms with E-state index in [9.17, 15) is 13.2 Å². The summed E-state index contributed by atoms with van der Waals surface area (Å²) in [6.07, 6.45) is 0. The molecule has 0 unspecified atom stereocenters. The number of rotatable bonds is 7. The van der Waals surface area contributed by atoms with Gasteiger partial charge in [0, 0.05) is 17.3 Å². The lowest BCUT2D eigenvalue weighted by atomic mass is 10.2. The molecule has 1 aromatic carbocycles. The highest BCUT2D eigenvalue weighted by Crippen LogP contribution is 2.24. The second-order valence-corrected chi connectivity index (χ2v) is 6.01. The van der Waals surface area contributed by atoms with E-state index >= 15 is 0 Å². The van der Waals surface area contributed by atoms with Gasteiger partial charge in [-0.05, 0) is 25.1 Å². The lowest BCUT2D eigenvalue weighted by molar-refractivity contribution is 0.0686. The third kappa shape index (κ3) is 4.70. The van der Waals surface area contributed by atoms with Crippen molar-refractivity contribution in [3.8, 4) is 5.75 Å². The van der Waals surface area contributed by atoms with Gasteiger partial charge in [0.05, 0.1) is 11.5 Å². The molecule has 0 aromatic heterocycles. The van der Waals surface area contributed by atoms with Crippen molar-refractivity contribution in [2.75, 3.05) is 19.8 Å². The molecule has 0 spiro atoms. The first-order valence-electron chi connectivity index (χ1n) is 5.38. The molecule has 1 aromatic rings. The summed E-state index contributed by atoms with van der Waals surface area (Å²) in [7, 11) is 1.18. The summed E-state index contributed by atoms with van der Waals surface area (Å²) in [4.78, 5) is 10.8. The van der Waals surface area contributed by atoms with Crippen molar-refractivity contribution in [3.05, 3.63) is 23.8 Å². The number of carboxylic acid groups (broad SMARTS) is 1. The molecule has 0 aliphatic carbocycles. The van der Waals surface area contributed by atoms with Gasteiger partial charge in [0.25, 0.3) is 9.05 Å². The lowest BCUT2D eigenvalue weighted by Gasteiger charge is -2.10. The Labute approximate surface area is 115 Å². The van der Waals surface area contributed by atoms with Gasteiger partial charge in [-0.2, -0.15) is 0 Å². The molecule has 0 saturated carbocycles. The number of hydrogen-bond acceptors (Lipinski definition) is 5. The average molecular weight is 309 g/mol. The third-order valence-electron chi connectivity index (χ3n) is 2.15. The van der Waals surface area contributed by atoms with Crippen LogP contribution < -0.4 is 4.74 Å². The number of carbonyl (C=O) groups is 1. The fraction of sp³-hybridized carbons (Fsp3) is 0.364. The van der Waals surface area contributed by atoms with Crippen LogP contribution in [-0.4, -0.2) is 39.3 Å². The van der Waals surface area contributed by atoms with Crippen LogP contribution in [0.1, 0.15) is 17.3 Å². The van der Waals surface area contributed by atoms with Crippen molar-refractivity contribution in [2.24, 2.45) is 0 Å². The van der Waals surface area contributed by atoms with Crippen LogP contribution in [0.4, 0.5) is 0 Å². The van der Waals surface area contributed by atoms with Crippen LogP contribution in [0.15, 0.2) is 23.1 Å². The van der Waals surface area contributed by atoms with Crippen LogP contribution in [0.2, 0.25) is 0 Å². The van der Waals surface area contributed by atoms with Crippen LogP contribution >= 0.6 is 10.7 Å². The molecule has 0 radical (unpaired) electrons. The highest BCUT2D eigenvalue weighted by Gasteiger charge is 2.17. The first-order chi connectivity index (χ1) is 8.86. The van der Waals surface area contributed by atoms with E-state index in [4.69, 9.17) is 25.3 Å². The Kier molecular flexibility index (Phi) is 5.59. The summed E-state index contributed by atoms with van der Waals surface area (Å²) in [5.74, 6) is -1.23. The Morgan fingerprint density at radius 2 is 2.05 bits per heavy atom. The molecular formula is C11H13ClO6S. The van der Waals surface area contributed by atoms with Gasteiger partial charge in [0.15, 0.2) is 0 Å². The van der Waals surface area contributed by atoms with Gasteiger partial charge < -0.3 is 14.6 Å². The molecule has 0 aliphatic rings. The maximum Gasteiger partial charge on any atom is 0.339 e. The molecule has 6 nitrogen and oxygen atoms in total. The normalized spacial score (nSPS) is 11.3. The molecule has 0 heterocycles. The van der Waals surface area contributed by atoms with Gasteiger partial charge >= 0.3 is 5.97 Å². The SMILES string of the molecule is CCOCCOc1ccc(S(=O)(=O)Cl)cc1C(=O)O. The summed E-state index contributed by atoms with van der Waals surface area (Å²) < 4.78 is 32.5. The van der Waals surface area contributed by atoms with Crippen molar-refractivity contribution < 1.29 is 27.8 Å². The standard InChI is InChI=1S/C11H13ClO6S/c1-2-17-5-6-18-10-4-3-8(19(12,15)16)7-9(10)11(13)14/h3-4,7H,2,5-6H2,1H3,(H,13,14). The van der Waals surface area contributed by atoms with E-state index in [0.29, 0.717) is 13.2 Å². The molecular weight excluding hydrogens is 296 g/mol. The molecule has 8 heteroatoms. The van der Waals surface area contributed by atoms with E-state index < -0.39 is 15.0 Å². The number of benzene rings is 1. The Morgan fingerprint density at radius 3 is 2.58 bits per heavy atom. The van der Waals surface area contributed by atoms with Crippen molar-refractivity contribution in [2.45, 2.75) is 11.8 Å². The minimum Gasteiger partial charge on any atom is -0.490 e. The minimum absolute atomic E-state index is 0.0660. The molecule has 0 fully saturated rings. The first-order valence-corrected chi connectivity index (χ1v) is 7.69. The van der Waals surface area contributed by atoms with Crippen molar-refractivity contribution >= 4 is 25.7 Å². The summed E-state index contributed by atoms with van der Waals surface area (Å²) in [5.41, 5.74) is -0.266. The zero-order valence-electron chi connectivity index (χ0n) is 10.1. The van der Waals surface area contributed by atoms with Gasteiger partial charge in [-0.3, -0.25) is 0 Å². The maximum atomic E-state index is 11.1. The Hall–Kier alpha value is -1.31. The first kappa shape index (κ1) is 15.7. The summed E-state index contributed by atoms with van der Waals surface area (Å²) >= 11 is 0. The van der Waals surface area contributed by atoms with Gasteiger partial charge in [-0.15, -0.1) is 0 Å². The Morgan fingerprint density at radius 1 is 1.37 bits per heavy atom. The molecule has 106 valence electrons. The van der Waals surface area contributed by atoms with E-state index in [1.54, 1.807) is 0 Å². The van der Waals surface area contributed by atoms with Gasteiger partial charge in [-0.1, -0.05) is 0 Å². The predicted molar refractivity (Wildman–Crippen MR) is 68.4 cm³/mol. The number of hydrogen-bond donors (Lipinski definition) is 1. The number of ether oxygens (including phenoxy) is 2. The number of halogens is 1. The van der Waals surface area contributed by atoms with Gasteiger partial charge in [0.2, 0.25) is 0 Å². The monoisotopic (exact) mass is 308 g/mol. The van der Waals surface area contributed by atoms with Crippen LogP contribution in [0, 0.1) is 0 Å². The Balaban J connectivity index is 2.96. The molecule has 0 saturated heterocycles. The van der Waals surface area contributed by atoms with Gasteiger partial charge in [0.1, 0.15) is 17.9 Å². The van der Waals surface area contributed by atoms with Crippen LogP contribution in [0.5, 0.6) is 5.75 Å². The second-order valence-electron chi connectivity index (χ2n) is 3.45. The summed E-state index contributed by atoms with van der Waals surface area (Å²) in [6, 6.07) is 3.40. The van der Waals surface area contributed by atoms with E-state index in [0.717, 1.165) is 6.07 Å². The van der Waals surface area contributed by atoms with E-state index in [1.807, 2.05) is 6.92 Å². The molecule has 0 atom stereocenters. The zero-order valence-corrected chi connectivity index (χ0v) is 11.7. The highest BCUT2D eigenvalue weighted by molar-refractivity contribution is 8.13. The smallest absolute Gasteiger partial charge is 0.339 e. The van der Waals surface area contributed by atoms with Crippen LogP contribution in [0.25, 0.3) is 0 Å². The maximum absolute atomic E-state index is 11.1. The summed E-state index contributed by atoms with van der Waals surface area (Å²) in [5, 5.41) is 9.01. The average Bonchev–Trinajstić information content (AvgIpc) is 2.33. The molecule has 19 heavy (non-hydrogen) atoms. The quantitative estimate of drug-likeness (QED) is 0.609. The van der Waals surface area contributed by atoms with E-state index in [1.165, 1.54) is 12.1 Å². The molecule has 0 aliphatic heterocycles. The zero-order chi connectivity index (χ0) is 14.5. The van der Waals surface area contributed by atoms with Crippen molar-refractivity contribution in [1.29, 1.82) is 0 Å². The Bertz CT molecular complexity index is 554. The van der Waals surface area contributed by atoms with Crippen molar-refractivity contribution in [3.63, 3.8) is 0 Å². The highest BCUT2D eigenvalue weighted by atomic mass is 35.7.